The summed E-state index contributed by atoms with van der Waals surface area (Å²) in [6.45, 7) is 4.62. The van der Waals surface area contributed by atoms with Gasteiger partial charge < -0.3 is 4.90 Å². The molecule has 0 N–H and O–H groups in total. The molecular weight excluding hydrogens is 286 g/mol. The highest BCUT2D eigenvalue weighted by Gasteiger charge is 2.29. The fraction of sp³-hybridized carbons (Fsp3) is 0.579. The second-order valence-corrected chi connectivity index (χ2v) is 6.77. The van der Waals surface area contributed by atoms with Crippen molar-refractivity contribution in [3.05, 3.63) is 35.4 Å². The summed E-state index contributed by atoms with van der Waals surface area (Å²) in [4.78, 5) is 17.2. The van der Waals surface area contributed by atoms with E-state index in [1.165, 1.54) is 6.42 Å². The first-order chi connectivity index (χ1) is 11.3. The zero-order chi connectivity index (χ0) is 16.1. The number of carbonyl (C=O) groups is 1. The molecule has 0 aliphatic carbocycles. The molecule has 23 heavy (non-hydrogen) atoms. The van der Waals surface area contributed by atoms with Crippen LogP contribution >= 0.6 is 0 Å². The van der Waals surface area contributed by atoms with Gasteiger partial charge in [-0.2, -0.15) is 5.26 Å². The summed E-state index contributed by atoms with van der Waals surface area (Å²) < 4.78 is 0. The highest BCUT2D eigenvalue weighted by atomic mass is 16.2. The van der Waals surface area contributed by atoms with Crippen molar-refractivity contribution >= 4 is 5.91 Å². The van der Waals surface area contributed by atoms with Gasteiger partial charge in [-0.3, -0.25) is 9.69 Å². The maximum atomic E-state index is 12.7. The average Bonchev–Trinajstić information content (AvgIpc) is 2.62. The van der Waals surface area contributed by atoms with E-state index in [1.807, 2.05) is 18.2 Å². The van der Waals surface area contributed by atoms with Crippen LogP contribution in [0, 0.1) is 17.2 Å². The molecule has 4 heteroatoms. The Morgan fingerprint density at radius 3 is 2.78 bits per heavy atom. The van der Waals surface area contributed by atoms with E-state index >= 15 is 0 Å². The van der Waals surface area contributed by atoms with E-state index in [0.717, 1.165) is 64.0 Å². The highest BCUT2D eigenvalue weighted by molar-refractivity contribution is 5.79. The van der Waals surface area contributed by atoms with Crippen molar-refractivity contribution in [3.63, 3.8) is 0 Å². The van der Waals surface area contributed by atoms with Gasteiger partial charge in [0.1, 0.15) is 0 Å². The molecule has 0 bridgehead atoms. The van der Waals surface area contributed by atoms with Gasteiger partial charge in [0.05, 0.1) is 17.6 Å². The van der Waals surface area contributed by atoms with Gasteiger partial charge >= 0.3 is 0 Å². The minimum absolute atomic E-state index is 0.154. The standard InChI is InChI=1S/C19H25N3O/c20-13-16-6-4-7-17(12-16)14-21-9-5-8-18(15-21)19(23)22-10-2-1-3-11-22/h4,6-7,12,18H,1-3,5,8-11,14-15H2. The molecule has 1 amide bonds. The first kappa shape index (κ1) is 16.0. The second kappa shape index (κ2) is 7.61. The van der Waals surface area contributed by atoms with Gasteiger partial charge in [0.2, 0.25) is 5.91 Å². The summed E-state index contributed by atoms with van der Waals surface area (Å²) in [7, 11) is 0. The molecular formula is C19H25N3O. The Kier molecular flexibility index (Phi) is 5.30. The van der Waals surface area contributed by atoms with Crippen molar-refractivity contribution in [1.29, 1.82) is 5.26 Å². The summed E-state index contributed by atoms with van der Waals surface area (Å²) in [6, 6.07) is 9.99. The molecule has 2 fully saturated rings. The smallest absolute Gasteiger partial charge is 0.226 e. The third-order valence-electron chi connectivity index (χ3n) is 4.98. The maximum Gasteiger partial charge on any atom is 0.226 e. The summed E-state index contributed by atoms with van der Waals surface area (Å²) in [5, 5.41) is 9.01. The van der Waals surface area contributed by atoms with Gasteiger partial charge in [0, 0.05) is 26.2 Å². The number of nitriles is 1. The van der Waals surface area contributed by atoms with Crippen LogP contribution in [0.1, 0.15) is 43.2 Å². The number of hydrogen-bond donors (Lipinski definition) is 0. The summed E-state index contributed by atoms with van der Waals surface area (Å²) >= 11 is 0. The molecule has 2 aliphatic heterocycles. The number of nitrogens with zero attached hydrogens (tertiary/aromatic N) is 3. The lowest BCUT2D eigenvalue weighted by Gasteiger charge is -2.36. The van der Waals surface area contributed by atoms with Crippen LogP contribution in [0.3, 0.4) is 0 Å². The SMILES string of the molecule is N#Cc1cccc(CN2CCCC(C(=O)N3CCCCC3)C2)c1. The van der Waals surface area contributed by atoms with Crippen LogP contribution in [0.5, 0.6) is 0 Å². The lowest BCUT2D eigenvalue weighted by atomic mass is 9.95. The van der Waals surface area contributed by atoms with Gasteiger partial charge in [-0.25, -0.2) is 0 Å². The van der Waals surface area contributed by atoms with Crippen molar-refractivity contribution < 1.29 is 4.79 Å². The lowest BCUT2D eigenvalue weighted by Crippen LogP contribution is -2.46. The van der Waals surface area contributed by atoms with Gasteiger partial charge in [-0.1, -0.05) is 12.1 Å². The number of benzene rings is 1. The van der Waals surface area contributed by atoms with E-state index in [1.54, 1.807) is 0 Å². The quantitative estimate of drug-likeness (QED) is 0.862. The van der Waals surface area contributed by atoms with Crippen LogP contribution in [0.15, 0.2) is 24.3 Å². The van der Waals surface area contributed by atoms with Gasteiger partial charge in [0.25, 0.3) is 0 Å². The number of hydrogen-bond acceptors (Lipinski definition) is 3. The van der Waals surface area contributed by atoms with Crippen molar-refractivity contribution in [3.8, 4) is 6.07 Å². The van der Waals surface area contributed by atoms with E-state index in [0.29, 0.717) is 11.5 Å². The van der Waals surface area contributed by atoms with Crippen molar-refractivity contribution in [2.45, 2.75) is 38.6 Å². The second-order valence-electron chi connectivity index (χ2n) is 6.77. The molecule has 2 saturated heterocycles. The van der Waals surface area contributed by atoms with Crippen LogP contribution in [-0.4, -0.2) is 41.9 Å². The predicted molar refractivity (Wildman–Crippen MR) is 89.6 cm³/mol. The van der Waals surface area contributed by atoms with Crippen molar-refractivity contribution in [1.82, 2.24) is 9.80 Å². The molecule has 0 saturated carbocycles. The van der Waals surface area contributed by atoms with Gasteiger partial charge in [0.15, 0.2) is 0 Å². The number of rotatable bonds is 3. The fourth-order valence-electron chi connectivity index (χ4n) is 3.77. The van der Waals surface area contributed by atoms with Crippen LogP contribution in [-0.2, 0) is 11.3 Å². The first-order valence-electron chi connectivity index (χ1n) is 8.76. The number of carbonyl (C=O) groups excluding carboxylic acids is 1. The number of piperidine rings is 2. The average molecular weight is 311 g/mol. The molecule has 2 aliphatic rings. The Labute approximate surface area is 138 Å². The van der Waals surface area contributed by atoms with Crippen LogP contribution < -0.4 is 0 Å². The molecule has 4 nitrogen and oxygen atoms in total. The van der Waals surface area contributed by atoms with Gasteiger partial charge in [-0.15, -0.1) is 0 Å². The van der Waals surface area contributed by atoms with E-state index in [9.17, 15) is 4.79 Å². The number of likely N-dealkylation sites (tertiary alicyclic amines) is 2. The Morgan fingerprint density at radius 2 is 2.00 bits per heavy atom. The van der Waals surface area contributed by atoms with Gasteiger partial charge in [-0.05, 0) is 56.3 Å². The van der Waals surface area contributed by atoms with Crippen LogP contribution in [0.4, 0.5) is 0 Å². The first-order valence-corrected chi connectivity index (χ1v) is 8.76. The highest BCUT2D eigenvalue weighted by Crippen LogP contribution is 2.22. The van der Waals surface area contributed by atoms with Crippen LogP contribution in [0.2, 0.25) is 0 Å². The van der Waals surface area contributed by atoms with Crippen LogP contribution in [0.25, 0.3) is 0 Å². The zero-order valence-electron chi connectivity index (χ0n) is 13.7. The topological polar surface area (TPSA) is 47.3 Å². The molecule has 0 aromatic heterocycles. The normalized spacial score (nSPS) is 22.6. The fourth-order valence-corrected chi connectivity index (χ4v) is 3.77. The van der Waals surface area contributed by atoms with E-state index in [-0.39, 0.29) is 5.92 Å². The lowest BCUT2D eigenvalue weighted by molar-refractivity contribution is -0.138. The van der Waals surface area contributed by atoms with Crippen molar-refractivity contribution in [2.24, 2.45) is 5.92 Å². The van der Waals surface area contributed by atoms with E-state index in [4.69, 9.17) is 5.26 Å². The van der Waals surface area contributed by atoms with E-state index in [2.05, 4.69) is 21.9 Å². The minimum atomic E-state index is 0.154. The minimum Gasteiger partial charge on any atom is -0.342 e. The maximum absolute atomic E-state index is 12.7. The Balaban J connectivity index is 1.59. The molecule has 1 aromatic carbocycles. The molecule has 2 heterocycles. The number of amides is 1. The summed E-state index contributed by atoms with van der Waals surface area (Å²) in [5.41, 5.74) is 1.87. The Hall–Kier alpha value is -1.86. The van der Waals surface area contributed by atoms with Crippen molar-refractivity contribution in [2.75, 3.05) is 26.2 Å². The van der Waals surface area contributed by atoms with E-state index < -0.39 is 0 Å². The Morgan fingerprint density at radius 1 is 1.17 bits per heavy atom. The molecule has 1 atom stereocenters. The molecule has 122 valence electrons. The molecule has 3 rings (SSSR count). The third-order valence-corrected chi connectivity index (χ3v) is 4.98. The molecule has 0 radical (unpaired) electrons. The predicted octanol–water partition coefficient (Wildman–Crippen LogP) is 2.78. The monoisotopic (exact) mass is 311 g/mol. The summed E-state index contributed by atoms with van der Waals surface area (Å²) in [5.74, 6) is 0.515. The third kappa shape index (κ3) is 4.11. The summed E-state index contributed by atoms with van der Waals surface area (Å²) in [6.07, 6.45) is 5.67. The Bertz CT molecular complexity index is 587. The molecule has 1 aromatic rings. The largest absolute Gasteiger partial charge is 0.342 e. The molecule has 1 unspecified atom stereocenters. The molecule has 0 spiro atoms. The zero-order valence-corrected chi connectivity index (χ0v) is 13.7.